The van der Waals surface area contributed by atoms with Crippen LogP contribution in [0.4, 0.5) is 5.69 Å². The third-order valence-corrected chi connectivity index (χ3v) is 3.42. The summed E-state index contributed by atoms with van der Waals surface area (Å²) in [4.78, 5) is 12.5. The van der Waals surface area contributed by atoms with Crippen LogP contribution in [0.25, 0.3) is 0 Å². The van der Waals surface area contributed by atoms with Crippen molar-refractivity contribution >= 4 is 27.4 Å². The molecule has 3 heteroatoms. The molecule has 2 aromatic carbocycles. The molecule has 0 unspecified atom stereocenters. The standard InChI is InChI=1S/C15H14BrNO/c1-9-7-11(16)3-5-13(9)15(18)14-6-4-12(17)8-10(14)2/h3-8H,17H2,1-2H3. The van der Waals surface area contributed by atoms with E-state index >= 15 is 0 Å². The average molecular weight is 304 g/mol. The number of benzene rings is 2. The van der Waals surface area contributed by atoms with Gasteiger partial charge in [-0.25, -0.2) is 0 Å². The monoisotopic (exact) mass is 303 g/mol. The zero-order valence-electron chi connectivity index (χ0n) is 10.3. The van der Waals surface area contributed by atoms with E-state index in [9.17, 15) is 4.79 Å². The first-order valence-corrected chi connectivity index (χ1v) is 6.45. The molecule has 0 amide bonds. The Balaban J connectivity index is 2.48. The van der Waals surface area contributed by atoms with Gasteiger partial charge in [-0.1, -0.05) is 15.9 Å². The first-order chi connectivity index (χ1) is 8.49. The summed E-state index contributed by atoms with van der Waals surface area (Å²) in [6.45, 7) is 3.84. The summed E-state index contributed by atoms with van der Waals surface area (Å²) >= 11 is 3.40. The van der Waals surface area contributed by atoms with Crippen LogP contribution in [0.3, 0.4) is 0 Å². The average Bonchev–Trinajstić information content (AvgIpc) is 2.28. The molecule has 0 spiro atoms. The number of rotatable bonds is 2. The third-order valence-electron chi connectivity index (χ3n) is 2.93. The van der Waals surface area contributed by atoms with E-state index in [1.54, 1.807) is 12.1 Å². The highest BCUT2D eigenvalue weighted by atomic mass is 79.9. The molecule has 0 heterocycles. The van der Waals surface area contributed by atoms with Gasteiger partial charge in [-0.2, -0.15) is 0 Å². The second-order valence-corrected chi connectivity index (χ2v) is 5.28. The summed E-state index contributed by atoms with van der Waals surface area (Å²) in [5.41, 5.74) is 9.68. The maximum absolute atomic E-state index is 12.5. The molecule has 18 heavy (non-hydrogen) atoms. The van der Waals surface area contributed by atoms with Crippen molar-refractivity contribution in [2.45, 2.75) is 13.8 Å². The van der Waals surface area contributed by atoms with Crippen molar-refractivity contribution in [1.82, 2.24) is 0 Å². The summed E-state index contributed by atoms with van der Waals surface area (Å²) in [7, 11) is 0. The highest BCUT2D eigenvalue weighted by Gasteiger charge is 2.14. The molecule has 0 fully saturated rings. The fourth-order valence-corrected chi connectivity index (χ4v) is 2.44. The second-order valence-electron chi connectivity index (χ2n) is 4.36. The minimum absolute atomic E-state index is 0.0394. The highest BCUT2D eigenvalue weighted by Crippen LogP contribution is 2.21. The van der Waals surface area contributed by atoms with Crippen LogP contribution in [-0.2, 0) is 0 Å². The first kappa shape index (κ1) is 12.8. The van der Waals surface area contributed by atoms with Gasteiger partial charge >= 0.3 is 0 Å². The lowest BCUT2D eigenvalue weighted by molar-refractivity contribution is 0.103. The van der Waals surface area contributed by atoms with Gasteiger partial charge in [0, 0.05) is 21.3 Å². The van der Waals surface area contributed by atoms with E-state index < -0.39 is 0 Å². The largest absolute Gasteiger partial charge is 0.399 e. The molecule has 0 radical (unpaired) electrons. The number of anilines is 1. The summed E-state index contributed by atoms with van der Waals surface area (Å²) in [6, 6.07) is 11.0. The Hall–Kier alpha value is -1.61. The molecule has 0 aliphatic carbocycles. The van der Waals surface area contributed by atoms with Crippen molar-refractivity contribution in [3.05, 3.63) is 63.1 Å². The highest BCUT2D eigenvalue weighted by molar-refractivity contribution is 9.10. The van der Waals surface area contributed by atoms with Crippen molar-refractivity contribution < 1.29 is 4.79 Å². The van der Waals surface area contributed by atoms with Crippen molar-refractivity contribution in [2.75, 3.05) is 5.73 Å². The lowest BCUT2D eigenvalue weighted by Gasteiger charge is -2.08. The molecule has 0 saturated heterocycles. The van der Waals surface area contributed by atoms with Gasteiger partial charge in [-0.15, -0.1) is 0 Å². The Bertz CT molecular complexity index is 566. The molecule has 92 valence electrons. The normalized spacial score (nSPS) is 10.4. The van der Waals surface area contributed by atoms with Crippen LogP contribution < -0.4 is 5.73 Å². The Morgan fingerprint density at radius 3 is 2.11 bits per heavy atom. The number of aryl methyl sites for hydroxylation is 2. The van der Waals surface area contributed by atoms with Gasteiger partial charge < -0.3 is 5.73 Å². The minimum Gasteiger partial charge on any atom is -0.399 e. The Kier molecular flexibility index (Phi) is 3.53. The van der Waals surface area contributed by atoms with E-state index in [2.05, 4.69) is 15.9 Å². The number of halogens is 1. The van der Waals surface area contributed by atoms with Crippen LogP contribution in [0.1, 0.15) is 27.0 Å². The molecule has 0 saturated carbocycles. The van der Waals surface area contributed by atoms with Gasteiger partial charge in [0.1, 0.15) is 0 Å². The van der Waals surface area contributed by atoms with Crippen LogP contribution in [0, 0.1) is 13.8 Å². The van der Waals surface area contributed by atoms with Crippen LogP contribution in [-0.4, -0.2) is 5.78 Å². The first-order valence-electron chi connectivity index (χ1n) is 5.66. The van der Waals surface area contributed by atoms with Crippen LogP contribution >= 0.6 is 15.9 Å². The van der Waals surface area contributed by atoms with E-state index in [0.29, 0.717) is 11.3 Å². The molecular weight excluding hydrogens is 290 g/mol. The number of hydrogen-bond acceptors (Lipinski definition) is 2. The van der Waals surface area contributed by atoms with Crippen LogP contribution in [0.5, 0.6) is 0 Å². The van der Waals surface area contributed by atoms with Crippen molar-refractivity contribution in [2.24, 2.45) is 0 Å². The van der Waals surface area contributed by atoms with E-state index in [4.69, 9.17) is 5.73 Å². The number of carbonyl (C=O) groups excluding carboxylic acids is 1. The maximum atomic E-state index is 12.5. The van der Waals surface area contributed by atoms with Gasteiger partial charge in [0.25, 0.3) is 0 Å². The molecule has 0 aromatic heterocycles. The van der Waals surface area contributed by atoms with Gasteiger partial charge in [0.15, 0.2) is 5.78 Å². The summed E-state index contributed by atoms with van der Waals surface area (Å²) in [6.07, 6.45) is 0. The van der Waals surface area contributed by atoms with E-state index in [1.165, 1.54) is 0 Å². The Labute approximate surface area is 115 Å². The second kappa shape index (κ2) is 4.94. The lowest BCUT2D eigenvalue weighted by atomic mass is 9.96. The smallest absolute Gasteiger partial charge is 0.193 e. The topological polar surface area (TPSA) is 43.1 Å². The zero-order chi connectivity index (χ0) is 13.3. The molecule has 0 aliphatic heterocycles. The molecule has 0 aliphatic rings. The quantitative estimate of drug-likeness (QED) is 0.676. The lowest BCUT2D eigenvalue weighted by Crippen LogP contribution is -2.06. The van der Waals surface area contributed by atoms with E-state index in [1.807, 2.05) is 38.1 Å². The molecule has 0 atom stereocenters. The third kappa shape index (κ3) is 2.46. The van der Waals surface area contributed by atoms with Gasteiger partial charge in [0.2, 0.25) is 0 Å². The molecule has 2 aromatic rings. The van der Waals surface area contributed by atoms with Crippen molar-refractivity contribution in [1.29, 1.82) is 0 Å². The van der Waals surface area contributed by atoms with Crippen LogP contribution in [0.2, 0.25) is 0 Å². The Morgan fingerprint density at radius 1 is 1.00 bits per heavy atom. The van der Waals surface area contributed by atoms with Crippen LogP contribution in [0.15, 0.2) is 40.9 Å². The van der Waals surface area contributed by atoms with E-state index in [-0.39, 0.29) is 5.78 Å². The predicted octanol–water partition coefficient (Wildman–Crippen LogP) is 3.88. The molecule has 2 N–H and O–H groups in total. The summed E-state index contributed by atoms with van der Waals surface area (Å²) in [5, 5.41) is 0. The maximum Gasteiger partial charge on any atom is 0.193 e. The summed E-state index contributed by atoms with van der Waals surface area (Å²) < 4.78 is 0.977. The van der Waals surface area contributed by atoms with Crippen molar-refractivity contribution in [3.8, 4) is 0 Å². The zero-order valence-corrected chi connectivity index (χ0v) is 11.9. The molecular formula is C15H14BrNO. The van der Waals surface area contributed by atoms with Gasteiger partial charge in [0.05, 0.1) is 0 Å². The van der Waals surface area contributed by atoms with Gasteiger partial charge in [-0.3, -0.25) is 4.79 Å². The molecule has 0 bridgehead atoms. The fourth-order valence-electron chi connectivity index (χ4n) is 1.97. The number of nitrogen functional groups attached to an aromatic ring is 1. The number of nitrogens with two attached hydrogens (primary N) is 1. The van der Waals surface area contributed by atoms with Gasteiger partial charge in [-0.05, 0) is 61.4 Å². The summed E-state index contributed by atoms with van der Waals surface area (Å²) in [5.74, 6) is 0.0394. The molecule has 2 nitrogen and oxygen atoms in total. The number of hydrogen-bond donors (Lipinski definition) is 1. The molecule has 2 rings (SSSR count). The SMILES string of the molecule is Cc1cc(N)ccc1C(=O)c1ccc(Br)cc1C. The Morgan fingerprint density at radius 2 is 1.56 bits per heavy atom. The van der Waals surface area contributed by atoms with E-state index in [0.717, 1.165) is 21.2 Å². The predicted molar refractivity (Wildman–Crippen MR) is 77.9 cm³/mol. The number of ketones is 1. The minimum atomic E-state index is 0.0394. The number of carbonyl (C=O) groups is 1. The van der Waals surface area contributed by atoms with Crippen molar-refractivity contribution in [3.63, 3.8) is 0 Å². The fraction of sp³-hybridized carbons (Fsp3) is 0.133.